The van der Waals surface area contributed by atoms with Crippen LogP contribution in [0.5, 0.6) is 0 Å². The van der Waals surface area contributed by atoms with Crippen LogP contribution in [0.1, 0.15) is 17.2 Å². The van der Waals surface area contributed by atoms with Gasteiger partial charge in [0.25, 0.3) is 5.69 Å². The van der Waals surface area contributed by atoms with E-state index in [0.717, 1.165) is 23.3 Å². The molecule has 0 fully saturated rings. The number of hydrogen-bond acceptors (Lipinski definition) is 6. The van der Waals surface area contributed by atoms with Crippen LogP contribution in [0.4, 0.5) is 11.4 Å². The molecule has 2 rings (SSSR count). The number of sulfonamides is 1. The van der Waals surface area contributed by atoms with Crippen LogP contribution in [-0.4, -0.2) is 23.3 Å². The van der Waals surface area contributed by atoms with Gasteiger partial charge in [0.05, 0.1) is 22.1 Å². The highest BCUT2D eigenvalue weighted by Gasteiger charge is 2.19. The van der Waals surface area contributed by atoms with Crippen molar-refractivity contribution in [1.82, 2.24) is 9.97 Å². The number of nitrogens with two attached hydrogens (primary N) is 1. The third-order valence-corrected chi connectivity index (χ3v) is 3.96. The van der Waals surface area contributed by atoms with Gasteiger partial charge in [0.2, 0.25) is 10.0 Å². The summed E-state index contributed by atoms with van der Waals surface area (Å²) < 4.78 is 22.5. The SMILES string of the molecule is Cc1nc(CNc2ccc(S(N)(=O)=O)cc2[N+](=O)[O-])c(C)[nH]1. The molecule has 1 aromatic heterocycles. The molecule has 118 valence electrons. The zero-order chi connectivity index (χ0) is 16.5. The largest absolute Gasteiger partial charge is 0.374 e. The fraction of sp³-hybridized carbons (Fsp3) is 0.250. The molecule has 2 aromatic rings. The van der Waals surface area contributed by atoms with Gasteiger partial charge in [-0.2, -0.15) is 0 Å². The summed E-state index contributed by atoms with van der Waals surface area (Å²) in [4.78, 5) is 17.4. The minimum Gasteiger partial charge on any atom is -0.374 e. The van der Waals surface area contributed by atoms with Crippen LogP contribution in [-0.2, 0) is 16.6 Å². The molecule has 10 heteroatoms. The summed E-state index contributed by atoms with van der Waals surface area (Å²) in [5, 5.41) is 19.0. The summed E-state index contributed by atoms with van der Waals surface area (Å²) in [5.41, 5.74) is 1.41. The maximum absolute atomic E-state index is 11.3. The highest BCUT2D eigenvalue weighted by atomic mass is 32.2. The molecule has 1 heterocycles. The lowest BCUT2D eigenvalue weighted by molar-refractivity contribution is -0.384. The second-order valence-electron chi connectivity index (χ2n) is 4.73. The number of nitro benzene ring substituents is 1. The standard InChI is InChI=1S/C12H15N5O4S/c1-7-11(16-8(2)15-7)6-14-10-4-3-9(22(13,20)21)5-12(10)17(18)19/h3-5,14H,6H2,1-2H3,(H,15,16)(H2,13,20,21). The van der Waals surface area contributed by atoms with E-state index in [2.05, 4.69) is 15.3 Å². The zero-order valence-electron chi connectivity index (χ0n) is 12.0. The van der Waals surface area contributed by atoms with Crippen molar-refractivity contribution in [2.24, 2.45) is 5.14 Å². The first-order valence-electron chi connectivity index (χ1n) is 6.25. The molecule has 0 atom stereocenters. The molecular weight excluding hydrogens is 310 g/mol. The number of aromatic nitrogens is 2. The molecule has 22 heavy (non-hydrogen) atoms. The monoisotopic (exact) mass is 325 g/mol. The third-order valence-electron chi connectivity index (χ3n) is 3.04. The minimum absolute atomic E-state index is 0.192. The van der Waals surface area contributed by atoms with Gasteiger partial charge in [-0.3, -0.25) is 10.1 Å². The zero-order valence-corrected chi connectivity index (χ0v) is 12.8. The Labute approximate surface area is 126 Å². The van der Waals surface area contributed by atoms with Crippen molar-refractivity contribution in [3.8, 4) is 0 Å². The van der Waals surface area contributed by atoms with Crippen molar-refractivity contribution >= 4 is 21.4 Å². The molecule has 0 radical (unpaired) electrons. The number of benzene rings is 1. The molecule has 0 aliphatic heterocycles. The number of anilines is 1. The van der Waals surface area contributed by atoms with Crippen molar-refractivity contribution in [3.63, 3.8) is 0 Å². The van der Waals surface area contributed by atoms with E-state index < -0.39 is 14.9 Å². The number of rotatable bonds is 5. The molecule has 0 amide bonds. The predicted molar refractivity (Wildman–Crippen MR) is 79.9 cm³/mol. The lowest BCUT2D eigenvalue weighted by Gasteiger charge is -2.07. The van der Waals surface area contributed by atoms with Crippen LogP contribution in [0.2, 0.25) is 0 Å². The third kappa shape index (κ3) is 3.40. The number of H-pyrrole nitrogens is 1. The van der Waals surface area contributed by atoms with Gasteiger partial charge in [0.1, 0.15) is 11.5 Å². The fourth-order valence-electron chi connectivity index (χ4n) is 2.00. The Balaban J connectivity index is 2.31. The molecule has 0 saturated carbocycles. The first-order valence-corrected chi connectivity index (χ1v) is 7.80. The van der Waals surface area contributed by atoms with Gasteiger partial charge in [-0.1, -0.05) is 0 Å². The normalized spacial score (nSPS) is 11.4. The van der Waals surface area contributed by atoms with E-state index in [1.807, 2.05) is 6.92 Å². The van der Waals surface area contributed by atoms with Gasteiger partial charge >= 0.3 is 0 Å². The Morgan fingerprint density at radius 2 is 2.09 bits per heavy atom. The van der Waals surface area contributed by atoms with Crippen LogP contribution in [0.3, 0.4) is 0 Å². The molecule has 0 aliphatic rings. The molecule has 0 aliphatic carbocycles. The Hall–Kier alpha value is -2.46. The smallest absolute Gasteiger partial charge is 0.293 e. The second-order valence-corrected chi connectivity index (χ2v) is 6.29. The van der Waals surface area contributed by atoms with Crippen LogP contribution in [0, 0.1) is 24.0 Å². The van der Waals surface area contributed by atoms with E-state index in [4.69, 9.17) is 5.14 Å². The number of aromatic amines is 1. The van der Waals surface area contributed by atoms with Crippen LogP contribution in [0.25, 0.3) is 0 Å². The number of hydrogen-bond donors (Lipinski definition) is 3. The Kier molecular flexibility index (Phi) is 4.15. The van der Waals surface area contributed by atoms with Crippen molar-refractivity contribution in [2.75, 3.05) is 5.32 Å². The number of nitrogens with zero attached hydrogens (tertiary/aromatic N) is 2. The van der Waals surface area contributed by atoms with Crippen molar-refractivity contribution in [1.29, 1.82) is 0 Å². The highest BCUT2D eigenvalue weighted by Crippen LogP contribution is 2.27. The first-order chi connectivity index (χ1) is 10.2. The summed E-state index contributed by atoms with van der Waals surface area (Å²) in [6.45, 7) is 3.92. The van der Waals surface area contributed by atoms with Crippen molar-refractivity contribution < 1.29 is 13.3 Å². The van der Waals surface area contributed by atoms with Crippen LogP contribution in [0.15, 0.2) is 23.1 Å². The van der Waals surface area contributed by atoms with Gasteiger partial charge in [-0.15, -0.1) is 0 Å². The first kappa shape index (κ1) is 15.9. The van der Waals surface area contributed by atoms with Gasteiger partial charge in [-0.05, 0) is 26.0 Å². The van der Waals surface area contributed by atoms with E-state index in [1.165, 1.54) is 12.1 Å². The summed E-state index contributed by atoms with van der Waals surface area (Å²) in [7, 11) is -4.00. The molecule has 0 bridgehead atoms. The minimum atomic E-state index is -4.00. The van der Waals surface area contributed by atoms with E-state index in [0.29, 0.717) is 0 Å². The van der Waals surface area contributed by atoms with Crippen molar-refractivity contribution in [3.05, 3.63) is 45.5 Å². The Bertz CT molecular complexity index is 828. The topological polar surface area (TPSA) is 144 Å². The lowest BCUT2D eigenvalue weighted by atomic mass is 10.2. The molecule has 0 saturated heterocycles. The summed E-state index contributed by atoms with van der Waals surface area (Å²) in [5.74, 6) is 0.744. The number of aryl methyl sites for hydroxylation is 2. The highest BCUT2D eigenvalue weighted by molar-refractivity contribution is 7.89. The van der Waals surface area contributed by atoms with Crippen molar-refractivity contribution in [2.45, 2.75) is 25.3 Å². The molecule has 9 nitrogen and oxygen atoms in total. The maximum Gasteiger partial charge on any atom is 0.293 e. The van der Waals surface area contributed by atoms with Crippen LogP contribution >= 0.6 is 0 Å². The van der Waals surface area contributed by atoms with E-state index in [1.54, 1.807) is 6.92 Å². The number of primary sulfonamides is 1. The Morgan fingerprint density at radius 3 is 2.59 bits per heavy atom. The number of nitro groups is 1. The molecule has 0 spiro atoms. The number of imidazole rings is 1. The van der Waals surface area contributed by atoms with E-state index in [9.17, 15) is 18.5 Å². The quantitative estimate of drug-likeness (QED) is 0.556. The van der Waals surface area contributed by atoms with Crippen LogP contribution < -0.4 is 10.5 Å². The Morgan fingerprint density at radius 1 is 1.41 bits per heavy atom. The van der Waals surface area contributed by atoms with Gasteiger partial charge < -0.3 is 10.3 Å². The summed E-state index contributed by atoms with van der Waals surface area (Å²) in [6, 6.07) is 3.46. The second kappa shape index (κ2) is 5.73. The van der Waals surface area contributed by atoms with Gasteiger partial charge in [-0.25, -0.2) is 18.5 Å². The van der Waals surface area contributed by atoms with E-state index >= 15 is 0 Å². The number of nitrogens with one attached hydrogen (secondary N) is 2. The molecule has 0 unspecified atom stereocenters. The lowest BCUT2D eigenvalue weighted by Crippen LogP contribution is -2.13. The average molecular weight is 325 g/mol. The molecular formula is C12H15N5O4S. The molecule has 4 N–H and O–H groups in total. The average Bonchev–Trinajstić information content (AvgIpc) is 2.73. The molecule has 1 aromatic carbocycles. The predicted octanol–water partition coefficient (Wildman–Crippen LogP) is 1.19. The summed E-state index contributed by atoms with van der Waals surface area (Å²) >= 11 is 0. The summed E-state index contributed by atoms with van der Waals surface area (Å²) in [6.07, 6.45) is 0. The fourth-order valence-corrected chi connectivity index (χ4v) is 2.53. The van der Waals surface area contributed by atoms with Gasteiger partial charge in [0.15, 0.2) is 0 Å². The van der Waals surface area contributed by atoms with Gasteiger partial charge in [0, 0.05) is 11.8 Å². The van der Waals surface area contributed by atoms with E-state index in [-0.39, 0.29) is 22.8 Å². The maximum atomic E-state index is 11.3.